The van der Waals surface area contributed by atoms with Crippen LogP contribution in [-0.2, 0) is 4.79 Å². The maximum Gasteiger partial charge on any atom is 0.225 e. The largest absolute Gasteiger partial charge is 0.326 e. The number of nitrogens with one attached hydrogen (secondary N) is 2. The van der Waals surface area contributed by atoms with Crippen molar-refractivity contribution in [1.29, 1.82) is 0 Å². The van der Waals surface area contributed by atoms with Gasteiger partial charge in [-0.1, -0.05) is 25.0 Å². The normalized spacial score (nSPS) is 15.8. The average molecular weight is 246 g/mol. The number of hydrogen-bond acceptors (Lipinski definition) is 2. The quantitative estimate of drug-likeness (QED) is 0.838. The fourth-order valence-electron chi connectivity index (χ4n) is 2.47. The van der Waals surface area contributed by atoms with Crippen LogP contribution in [0.3, 0.4) is 0 Å². The van der Waals surface area contributed by atoms with Gasteiger partial charge < -0.3 is 10.6 Å². The van der Waals surface area contributed by atoms with Crippen molar-refractivity contribution in [2.75, 3.05) is 11.9 Å². The lowest BCUT2D eigenvalue weighted by Gasteiger charge is -2.11. The Balaban J connectivity index is 1.68. The summed E-state index contributed by atoms with van der Waals surface area (Å²) in [5.41, 5.74) is 2.05. The highest BCUT2D eigenvalue weighted by Crippen LogP contribution is 2.17. The average Bonchev–Trinajstić information content (AvgIpc) is 2.82. The van der Waals surface area contributed by atoms with E-state index in [4.69, 9.17) is 0 Å². The van der Waals surface area contributed by atoms with E-state index in [0.717, 1.165) is 17.8 Å². The molecule has 1 aliphatic rings. The molecule has 1 saturated carbocycles. The zero-order valence-electron chi connectivity index (χ0n) is 11.0. The van der Waals surface area contributed by atoms with Crippen molar-refractivity contribution in [3.63, 3.8) is 0 Å². The van der Waals surface area contributed by atoms with Crippen LogP contribution >= 0.6 is 0 Å². The van der Waals surface area contributed by atoms with Crippen LogP contribution in [0.5, 0.6) is 0 Å². The highest BCUT2D eigenvalue weighted by Gasteiger charge is 2.14. The molecule has 1 aliphatic carbocycles. The minimum atomic E-state index is 0.0890. The van der Waals surface area contributed by atoms with Gasteiger partial charge in [-0.05, 0) is 37.5 Å². The summed E-state index contributed by atoms with van der Waals surface area (Å²) in [6, 6.07) is 8.54. The lowest BCUT2D eigenvalue weighted by molar-refractivity contribution is -0.116. The summed E-state index contributed by atoms with van der Waals surface area (Å²) >= 11 is 0. The van der Waals surface area contributed by atoms with Crippen molar-refractivity contribution >= 4 is 11.6 Å². The van der Waals surface area contributed by atoms with Crippen molar-refractivity contribution in [3.05, 3.63) is 29.8 Å². The number of aryl methyl sites for hydroxylation is 1. The first-order valence-corrected chi connectivity index (χ1v) is 6.84. The van der Waals surface area contributed by atoms with E-state index in [0.29, 0.717) is 12.5 Å². The van der Waals surface area contributed by atoms with Gasteiger partial charge in [-0.2, -0.15) is 0 Å². The third kappa shape index (κ3) is 4.15. The van der Waals surface area contributed by atoms with Crippen LogP contribution in [-0.4, -0.2) is 18.5 Å². The highest BCUT2D eigenvalue weighted by molar-refractivity contribution is 5.90. The summed E-state index contributed by atoms with van der Waals surface area (Å²) in [6.07, 6.45) is 5.73. The molecule has 0 bridgehead atoms. The van der Waals surface area contributed by atoms with Gasteiger partial charge >= 0.3 is 0 Å². The summed E-state index contributed by atoms with van der Waals surface area (Å²) in [5.74, 6) is 0.0890. The molecule has 3 heteroatoms. The molecular weight excluding hydrogens is 224 g/mol. The van der Waals surface area contributed by atoms with Crippen molar-refractivity contribution in [3.8, 4) is 0 Å². The molecule has 1 amide bonds. The van der Waals surface area contributed by atoms with Gasteiger partial charge in [-0.3, -0.25) is 4.79 Å². The summed E-state index contributed by atoms with van der Waals surface area (Å²) < 4.78 is 0. The van der Waals surface area contributed by atoms with Gasteiger partial charge in [-0.15, -0.1) is 0 Å². The number of rotatable bonds is 5. The first kappa shape index (κ1) is 13.1. The number of amides is 1. The smallest absolute Gasteiger partial charge is 0.225 e. The van der Waals surface area contributed by atoms with E-state index in [9.17, 15) is 4.79 Å². The summed E-state index contributed by atoms with van der Waals surface area (Å²) in [5, 5.41) is 6.38. The lowest BCUT2D eigenvalue weighted by atomic mass is 10.2. The van der Waals surface area contributed by atoms with Gasteiger partial charge in [0, 0.05) is 24.7 Å². The molecule has 0 saturated heterocycles. The van der Waals surface area contributed by atoms with Gasteiger partial charge in [0.15, 0.2) is 0 Å². The van der Waals surface area contributed by atoms with Crippen LogP contribution in [0.25, 0.3) is 0 Å². The maximum absolute atomic E-state index is 11.7. The highest BCUT2D eigenvalue weighted by atomic mass is 16.1. The molecule has 0 radical (unpaired) electrons. The predicted octanol–water partition coefficient (Wildman–Crippen LogP) is 2.86. The molecule has 0 aliphatic heterocycles. The van der Waals surface area contributed by atoms with Gasteiger partial charge in [0.2, 0.25) is 5.91 Å². The van der Waals surface area contributed by atoms with Gasteiger partial charge in [0.1, 0.15) is 0 Å². The van der Waals surface area contributed by atoms with Crippen molar-refractivity contribution in [2.24, 2.45) is 0 Å². The second kappa shape index (κ2) is 6.55. The molecule has 3 nitrogen and oxygen atoms in total. The Hall–Kier alpha value is -1.35. The first-order chi connectivity index (χ1) is 8.74. The Morgan fingerprint density at radius 1 is 1.33 bits per heavy atom. The molecule has 98 valence electrons. The number of carbonyl (C=O) groups is 1. The van der Waals surface area contributed by atoms with E-state index in [1.165, 1.54) is 25.7 Å². The summed E-state index contributed by atoms with van der Waals surface area (Å²) in [7, 11) is 0. The Bertz CT molecular complexity index is 397. The summed E-state index contributed by atoms with van der Waals surface area (Å²) in [4.78, 5) is 11.7. The molecule has 1 aromatic carbocycles. The number of carbonyl (C=O) groups excluding carboxylic acids is 1. The van der Waals surface area contributed by atoms with Crippen molar-refractivity contribution in [1.82, 2.24) is 5.32 Å². The topological polar surface area (TPSA) is 41.1 Å². The molecule has 0 unspecified atom stereocenters. The molecule has 0 spiro atoms. The molecule has 18 heavy (non-hydrogen) atoms. The van der Waals surface area contributed by atoms with Crippen LogP contribution in [0, 0.1) is 6.92 Å². The molecule has 0 aromatic heterocycles. The number of hydrogen-bond donors (Lipinski definition) is 2. The minimum absolute atomic E-state index is 0.0890. The van der Waals surface area contributed by atoms with E-state index >= 15 is 0 Å². The molecule has 0 atom stereocenters. The van der Waals surface area contributed by atoms with E-state index in [1.807, 2.05) is 31.2 Å². The van der Waals surface area contributed by atoms with Gasteiger partial charge in [-0.25, -0.2) is 0 Å². The Morgan fingerprint density at radius 2 is 2.11 bits per heavy atom. The monoisotopic (exact) mass is 246 g/mol. The zero-order chi connectivity index (χ0) is 12.8. The molecule has 2 N–H and O–H groups in total. The third-order valence-electron chi connectivity index (χ3n) is 3.44. The Labute approximate surface area is 109 Å². The van der Waals surface area contributed by atoms with Gasteiger partial charge in [0.05, 0.1) is 0 Å². The van der Waals surface area contributed by atoms with Gasteiger partial charge in [0.25, 0.3) is 0 Å². The Kier molecular flexibility index (Phi) is 4.76. The second-order valence-corrected chi connectivity index (χ2v) is 5.10. The lowest BCUT2D eigenvalue weighted by Crippen LogP contribution is -2.29. The standard InChI is InChI=1S/C15H22N2O/c1-12-5-4-8-14(11-12)17-15(18)9-10-16-13-6-2-3-7-13/h4-5,8,11,13,16H,2-3,6-7,9-10H2,1H3,(H,17,18). The fourth-order valence-corrected chi connectivity index (χ4v) is 2.47. The van der Waals surface area contributed by atoms with Crippen molar-refractivity contribution < 1.29 is 4.79 Å². The Morgan fingerprint density at radius 3 is 2.83 bits per heavy atom. The van der Waals surface area contributed by atoms with Crippen LogP contribution in [0.15, 0.2) is 24.3 Å². The van der Waals surface area contributed by atoms with E-state index in [-0.39, 0.29) is 5.91 Å². The predicted molar refractivity (Wildman–Crippen MR) is 74.7 cm³/mol. The van der Waals surface area contributed by atoms with Crippen LogP contribution < -0.4 is 10.6 Å². The van der Waals surface area contributed by atoms with E-state index in [1.54, 1.807) is 0 Å². The fraction of sp³-hybridized carbons (Fsp3) is 0.533. The number of benzene rings is 1. The second-order valence-electron chi connectivity index (χ2n) is 5.10. The third-order valence-corrected chi connectivity index (χ3v) is 3.44. The maximum atomic E-state index is 11.7. The first-order valence-electron chi connectivity index (χ1n) is 6.84. The van der Waals surface area contributed by atoms with Crippen LogP contribution in [0.1, 0.15) is 37.7 Å². The molecule has 2 rings (SSSR count). The summed E-state index contributed by atoms with van der Waals surface area (Å²) in [6.45, 7) is 2.81. The molecule has 1 fully saturated rings. The van der Waals surface area contributed by atoms with E-state index in [2.05, 4.69) is 10.6 Å². The zero-order valence-corrected chi connectivity index (χ0v) is 11.0. The van der Waals surface area contributed by atoms with E-state index < -0.39 is 0 Å². The van der Waals surface area contributed by atoms with Crippen molar-refractivity contribution in [2.45, 2.75) is 45.1 Å². The molecule has 1 aromatic rings. The van der Waals surface area contributed by atoms with Crippen LogP contribution in [0.4, 0.5) is 5.69 Å². The molecular formula is C15H22N2O. The SMILES string of the molecule is Cc1cccc(NC(=O)CCNC2CCCC2)c1. The van der Waals surface area contributed by atoms with Crippen LogP contribution in [0.2, 0.25) is 0 Å². The molecule has 0 heterocycles. The minimum Gasteiger partial charge on any atom is -0.326 e. The number of anilines is 1.